The first-order valence-electron chi connectivity index (χ1n) is 8.23. The highest BCUT2D eigenvalue weighted by Crippen LogP contribution is 2.32. The molecule has 0 saturated carbocycles. The van der Waals surface area contributed by atoms with E-state index in [1.54, 1.807) is 4.90 Å². The first kappa shape index (κ1) is 14.8. The predicted molar refractivity (Wildman–Crippen MR) is 91.4 cm³/mol. The van der Waals surface area contributed by atoms with Crippen LogP contribution in [0.25, 0.3) is 11.0 Å². The molecular weight excluding hydrogens is 302 g/mol. The van der Waals surface area contributed by atoms with E-state index in [1.165, 1.54) is 0 Å². The molecular formula is C19H19N3O2. The lowest BCUT2D eigenvalue weighted by Crippen LogP contribution is -2.31. The minimum atomic E-state index is -0.276. The van der Waals surface area contributed by atoms with Gasteiger partial charge in [-0.1, -0.05) is 42.5 Å². The van der Waals surface area contributed by atoms with Gasteiger partial charge in [-0.3, -0.25) is 4.90 Å². The molecule has 1 atom stereocenters. The van der Waals surface area contributed by atoms with Gasteiger partial charge in [0.05, 0.1) is 17.1 Å². The molecule has 1 fully saturated rings. The van der Waals surface area contributed by atoms with Crippen molar-refractivity contribution in [3.8, 4) is 0 Å². The summed E-state index contributed by atoms with van der Waals surface area (Å²) in [5, 5.41) is 0. The Balaban J connectivity index is 1.48. The van der Waals surface area contributed by atoms with Crippen molar-refractivity contribution in [2.45, 2.75) is 25.5 Å². The van der Waals surface area contributed by atoms with Crippen molar-refractivity contribution in [1.82, 2.24) is 14.9 Å². The second-order valence-corrected chi connectivity index (χ2v) is 6.03. The molecule has 5 nitrogen and oxygen atoms in total. The summed E-state index contributed by atoms with van der Waals surface area (Å²) in [5.74, 6) is 0.838. The number of hydrogen-bond acceptors (Lipinski definition) is 3. The van der Waals surface area contributed by atoms with E-state index in [-0.39, 0.29) is 12.1 Å². The molecule has 122 valence electrons. The number of ether oxygens (including phenoxy) is 1. The van der Waals surface area contributed by atoms with Crippen molar-refractivity contribution >= 4 is 17.1 Å². The van der Waals surface area contributed by atoms with Crippen LogP contribution in [0.4, 0.5) is 4.79 Å². The molecule has 4 rings (SSSR count). The van der Waals surface area contributed by atoms with Crippen molar-refractivity contribution in [3.63, 3.8) is 0 Å². The summed E-state index contributed by atoms with van der Waals surface area (Å²) in [6.07, 6.45) is 1.59. The van der Waals surface area contributed by atoms with E-state index in [9.17, 15) is 4.79 Å². The van der Waals surface area contributed by atoms with Gasteiger partial charge in [0, 0.05) is 6.54 Å². The fourth-order valence-electron chi connectivity index (χ4n) is 3.20. The Morgan fingerprint density at radius 3 is 2.79 bits per heavy atom. The van der Waals surface area contributed by atoms with Crippen LogP contribution in [0, 0.1) is 0 Å². The van der Waals surface area contributed by atoms with Crippen LogP contribution < -0.4 is 0 Å². The van der Waals surface area contributed by atoms with Crippen molar-refractivity contribution in [1.29, 1.82) is 0 Å². The number of nitrogens with zero attached hydrogens (tertiary/aromatic N) is 2. The van der Waals surface area contributed by atoms with E-state index in [0.717, 1.165) is 35.3 Å². The normalized spacial score (nSPS) is 17.3. The minimum Gasteiger partial charge on any atom is -0.445 e. The molecule has 3 aromatic rings. The van der Waals surface area contributed by atoms with Crippen molar-refractivity contribution < 1.29 is 9.53 Å². The smallest absolute Gasteiger partial charge is 0.410 e. The van der Waals surface area contributed by atoms with Crippen molar-refractivity contribution in [2.75, 3.05) is 6.54 Å². The van der Waals surface area contributed by atoms with Crippen LogP contribution in [0.5, 0.6) is 0 Å². The number of rotatable bonds is 3. The SMILES string of the molecule is O=C(OCc1ccccc1)N1CCC[C@H]1c1nc2ccccc2[nH]1. The molecule has 5 heteroatoms. The Kier molecular flexibility index (Phi) is 3.91. The summed E-state index contributed by atoms with van der Waals surface area (Å²) in [7, 11) is 0. The summed E-state index contributed by atoms with van der Waals surface area (Å²) >= 11 is 0. The number of hydrogen-bond donors (Lipinski definition) is 1. The van der Waals surface area contributed by atoms with Crippen LogP contribution in [-0.4, -0.2) is 27.5 Å². The molecule has 1 saturated heterocycles. The predicted octanol–water partition coefficient (Wildman–Crippen LogP) is 4.04. The van der Waals surface area contributed by atoms with E-state index in [2.05, 4.69) is 9.97 Å². The van der Waals surface area contributed by atoms with Crippen LogP contribution in [0.15, 0.2) is 54.6 Å². The van der Waals surface area contributed by atoms with Gasteiger partial charge in [-0.05, 0) is 30.5 Å². The Morgan fingerprint density at radius 1 is 1.17 bits per heavy atom. The number of fused-ring (bicyclic) bond motifs is 1. The van der Waals surface area contributed by atoms with Gasteiger partial charge in [-0.2, -0.15) is 0 Å². The van der Waals surface area contributed by atoms with Gasteiger partial charge in [-0.15, -0.1) is 0 Å². The number of amides is 1. The number of H-pyrrole nitrogens is 1. The summed E-state index contributed by atoms with van der Waals surface area (Å²) in [6, 6.07) is 17.6. The van der Waals surface area contributed by atoms with Crippen molar-refractivity contribution in [3.05, 3.63) is 66.0 Å². The van der Waals surface area contributed by atoms with Gasteiger partial charge in [-0.25, -0.2) is 9.78 Å². The van der Waals surface area contributed by atoms with Crippen LogP contribution in [0.3, 0.4) is 0 Å². The molecule has 1 aliphatic rings. The monoisotopic (exact) mass is 321 g/mol. The molecule has 24 heavy (non-hydrogen) atoms. The first-order valence-corrected chi connectivity index (χ1v) is 8.23. The van der Waals surface area contributed by atoms with Crippen LogP contribution in [0.1, 0.15) is 30.3 Å². The lowest BCUT2D eigenvalue weighted by atomic mass is 10.2. The number of benzene rings is 2. The molecule has 2 heterocycles. The second-order valence-electron chi connectivity index (χ2n) is 6.03. The van der Waals surface area contributed by atoms with Gasteiger partial charge in [0.15, 0.2) is 0 Å². The summed E-state index contributed by atoms with van der Waals surface area (Å²) in [5.41, 5.74) is 2.92. The number of carbonyl (C=O) groups is 1. The highest BCUT2D eigenvalue weighted by Gasteiger charge is 2.33. The maximum atomic E-state index is 12.5. The number of aromatic nitrogens is 2. The number of likely N-dealkylation sites (tertiary alicyclic amines) is 1. The zero-order valence-corrected chi connectivity index (χ0v) is 13.3. The van der Waals surface area contributed by atoms with Gasteiger partial charge in [0.1, 0.15) is 12.4 Å². The zero-order chi connectivity index (χ0) is 16.4. The largest absolute Gasteiger partial charge is 0.445 e. The fourth-order valence-corrected chi connectivity index (χ4v) is 3.20. The lowest BCUT2D eigenvalue weighted by molar-refractivity contribution is 0.0910. The van der Waals surface area contributed by atoms with E-state index < -0.39 is 0 Å². The second kappa shape index (κ2) is 6.35. The molecule has 0 radical (unpaired) electrons. The van der Waals surface area contributed by atoms with E-state index in [1.807, 2.05) is 54.6 Å². The number of para-hydroxylation sites is 2. The average Bonchev–Trinajstić information content (AvgIpc) is 3.26. The minimum absolute atomic E-state index is 0.0410. The van der Waals surface area contributed by atoms with E-state index in [4.69, 9.17) is 4.74 Å². The molecule has 2 aromatic carbocycles. The highest BCUT2D eigenvalue weighted by atomic mass is 16.6. The third-order valence-electron chi connectivity index (χ3n) is 4.42. The number of imidazole rings is 1. The quantitative estimate of drug-likeness (QED) is 0.792. The lowest BCUT2D eigenvalue weighted by Gasteiger charge is -2.22. The third kappa shape index (κ3) is 2.85. The summed E-state index contributed by atoms with van der Waals surface area (Å²) in [6.45, 7) is 0.998. The van der Waals surface area contributed by atoms with Gasteiger partial charge >= 0.3 is 6.09 Å². The standard InChI is InChI=1S/C19H19N3O2/c23-19(24-13-14-7-2-1-3-8-14)22-12-6-11-17(22)18-20-15-9-4-5-10-16(15)21-18/h1-5,7-10,17H,6,11-13H2,(H,20,21)/t17-/m0/s1. The van der Waals surface area contributed by atoms with Gasteiger partial charge < -0.3 is 9.72 Å². The maximum Gasteiger partial charge on any atom is 0.410 e. The third-order valence-corrected chi connectivity index (χ3v) is 4.42. The topological polar surface area (TPSA) is 58.2 Å². The van der Waals surface area contributed by atoms with E-state index >= 15 is 0 Å². The first-order chi connectivity index (χ1) is 11.8. The summed E-state index contributed by atoms with van der Waals surface area (Å²) in [4.78, 5) is 22.2. The maximum absolute atomic E-state index is 12.5. The molecule has 0 spiro atoms. The fraction of sp³-hybridized carbons (Fsp3) is 0.263. The molecule has 1 aromatic heterocycles. The highest BCUT2D eigenvalue weighted by molar-refractivity contribution is 5.75. The molecule has 1 N–H and O–H groups in total. The summed E-state index contributed by atoms with van der Waals surface area (Å²) < 4.78 is 5.48. The van der Waals surface area contributed by atoms with E-state index in [0.29, 0.717) is 13.2 Å². The molecule has 0 aliphatic carbocycles. The zero-order valence-electron chi connectivity index (χ0n) is 13.3. The van der Waals surface area contributed by atoms with Crippen LogP contribution >= 0.6 is 0 Å². The van der Waals surface area contributed by atoms with Crippen LogP contribution in [0.2, 0.25) is 0 Å². The number of nitrogens with one attached hydrogen (secondary N) is 1. The van der Waals surface area contributed by atoms with Gasteiger partial charge in [0.2, 0.25) is 0 Å². The number of aromatic amines is 1. The van der Waals surface area contributed by atoms with Gasteiger partial charge in [0.25, 0.3) is 0 Å². The molecule has 1 aliphatic heterocycles. The van der Waals surface area contributed by atoms with Crippen LogP contribution in [-0.2, 0) is 11.3 Å². The van der Waals surface area contributed by atoms with Crippen molar-refractivity contribution in [2.24, 2.45) is 0 Å². The Morgan fingerprint density at radius 2 is 1.96 bits per heavy atom. The molecule has 0 unspecified atom stereocenters. The Bertz CT molecular complexity index is 811. The molecule has 1 amide bonds. The Hall–Kier alpha value is -2.82. The average molecular weight is 321 g/mol. The molecule has 0 bridgehead atoms. The Labute approximate surface area is 140 Å². The number of carbonyl (C=O) groups excluding carboxylic acids is 1.